The molecule has 1 fully saturated rings. The minimum atomic E-state index is -0.274. The van der Waals surface area contributed by atoms with E-state index in [2.05, 4.69) is 62.5 Å². The first-order chi connectivity index (χ1) is 19.0. The predicted octanol–water partition coefficient (Wildman–Crippen LogP) is 6.35. The number of carbonyl (C=O) groups is 1. The smallest absolute Gasteiger partial charge is 0.276 e. The molecular weight excluding hydrogens is 486 g/mol. The molecule has 1 unspecified atom stereocenters. The Morgan fingerprint density at radius 2 is 1.95 bits per heavy atom. The molecule has 8 heteroatoms. The second-order valence-electron chi connectivity index (χ2n) is 11.0. The average molecular weight is 526 g/mol. The molecular formula is C31H39N7O. The van der Waals surface area contributed by atoms with Crippen LogP contribution < -0.4 is 10.6 Å². The molecule has 0 radical (unpaired) electrons. The lowest BCUT2D eigenvalue weighted by Crippen LogP contribution is -2.32. The largest absolute Gasteiger partial charge is 0.370 e. The third-order valence-corrected chi connectivity index (χ3v) is 7.85. The van der Waals surface area contributed by atoms with E-state index in [1.165, 1.54) is 24.8 Å². The van der Waals surface area contributed by atoms with E-state index in [0.29, 0.717) is 17.3 Å². The van der Waals surface area contributed by atoms with Crippen LogP contribution in [0, 0.1) is 11.8 Å². The molecule has 0 bridgehead atoms. The number of anilines is 2. The molecule has 4 heterocycles. The molecule has 1 atom stereocenters. The van der Waals surface area contributed by atoms with E-state index in [1.54, 1.807) is 6.20 Å². The van der Waals surface area contributed by atoms with Crippen LogP contribution >= 0.6 is 0 Å². The van der Waals surface area contributed by atoms with E-state index < -0.39 is 0 Å². The summed E-state index contributed by atoms with van der Waals surface area (Å²) in [5, 5.41) is 14.4. The van der Waals surface area contributed by atoms with Crippen molar-refractivity contribution in [2.45, 2.75) is 53.0 Å². The van der Waals surface area contributed by atoms with Gasteiger partial charge in [-0.05, 0) is 85.6 Å². The van der Waals surface area contributed by atoms with Crippen LogP contribution in [-0.2, 0) is 6.54 Å². The summed E-state index contributed by atoms with van der Waals surface area (Å²) in [7, 11) is 0. The second-order valence-corrected chi connectivity index (χ2v) is 11.0. The zero-order valence-corrected chi connectivity index (χ0v) is 23.2. The van der Waals surface area contributed by atoms with Crippen LogP contribution in [0.25, 0.3) is 22.0 Å². The van der Waals surface area contributed by atoms with E-state index in [9.17, 15) is 4.79 Å². The Morgan fingerprint density at radius 1 is 1.10 bits per heavy atom. The number of fused-ring (bicyclic) bond motifs is 1. The van der Waals surface area contributed by atoms with Crippen LogP contribution in [0.2, 0.25) is 0 Å². The number of hydrogen-bond donors (Lipinski definition) is 3. The highest BCUT2D eigenvalue weighted by atomic mass is 16.1. The lowest BCUT2D eigenvalue weighted by atomic mass is 9.98. The van der Waals surface area contributed by atoms with E-state index in [0.717, 1.165) is 66.4 Å². The van der Waals surface area contributed by atoms with Crippen LogP contribution in [0.5, 0.6) is 0 Å². The zero-order chi connectivity index (χ0) is 27.2. The molecule has 3 N–H and O–H groups in total. The fraction of sp³-hybridized carbons (Fsp3) is 0.419. The lowest BCUT2D eigenvalue weighted by Gasteiger charge is -2.30. The Morgan fingerprint density at radius 3 is 2.72 bits per heavy atom. The number of nitrogens with one attached hydrogen (secondary N) is 3. The van der Waals surface area contributed by atoms with Crippen molar-refractivity contribution in [3.05, 3.63) is 66.2 Å². The molecule has 0 saturated carbocycles. The van der Waals surface area contributed by atoms with Crippen LogP contribution in [0.15, 0.2) is 55.0 Å². The van der Waals surface area contributed by atoms with Crippen molar-refractivity contribution in [3.63, 3.8) is 0 Å². The maximum absolute atomic E-state index is 13.1. The Balaban J connectivity index is 1.26. The summed E-state index contributed by atoms with van der Waals surface area (Å²) in [6, 6.07) is 12.0. The van der Waals surface area contributed by atoms with Crippen molar-refractivity contribution in [2.75, 3.05) is 30.3 Å². The van der Waals surface area contributed by atoms with Crippen LogP contribution in [0.4, 0.5) is 11.5 Å². The number of piperidine rings is 1. The molecule has 39 heavy (non-hydrogen) atoms. The van der Waals surface area contributed by atoms with E-state index in [4.69, 9.17) is 0 Å². The van der Waals surface area contributed by atoms with Gasteiger partial charge in [0.05, 0.1) is 17.4 Å². The maximum Gasteiger partial charge on any atom is 0.276 e. The van der Waals surface area contributed by atoms with Crippen molar-refractivity contribution in [3.8, 4) is 11.1 Å². The highest BCUT2D eigenvalue weighted by Gasteiger charge is 2.18. The van der Waals surface area contributed by atoms with Gasteiger partial charge >= 0.3 is 0 Å². The summed E-state index contributed by atoms with van der Waals surface area (Å²) in [6.45, 7) is 10.9. The zero-order valence-electron chi connectivity index (χ0n) is 23.2. The number of likely N-dealkylation sites (tertiary alicyclic amines) is 1. The Kier molecular flexibility index (Phi) is 8.51. The van der Waals surface area contributed by atoms with E-state index in [1.807, 2.05) is 42.7 Å². The number of carbonyl (C=O) groups excluding carboxylic acids is 1. The highest BCUT2D eigenvalue weighted by molar-refractivity contribution is 6.11. The first kappa shape index (κ1) is 26.8. The summed E-state index contributed by atoms with van der Waals surface area (Å²) < 4.78 is 0. The second kappa shape index (κ2) is 12.4. The molecule has 1 amide bonds. The van der Waals surface area contributed by atoms with Gasteiger partial charge in [-0.2, -0.15) is 5.10 Å². The van der Waals surface area contributed by atoms with Crippen molar-refractivity contribution < 1.29 is 4.79 Å². The van der Waals surface area contributed by atoms with Crippen LogP contribution in [0.3, 0.4) is 0 Å². The van der Waals surface area contributed by atoms with Gasteiger partial charge in [0.25, 0.3) is 5.91 Å². The summed E-state index contributed by atoms with van der Waals surface area (Å²) in [4.78, 5) is 24.6. The molecule has 0 spiro atoms. The third kappa shape index (κ3) is 6.81. The maximum atomic E-state index is 13.1. The van der Waals surface area contributed by atoms with Gasteiger partial charge in [0.2, 0.25) is 0 Å². The molecule has 1 saturated heterocycles. The van der Waals surface area contributed by atoms with Crippen molar-refractivity contribution in [1.82, 2.24) is 25.1 Å². The molecule has 5 rings (SSSR count). The molecule has 8 nitrogen and oxygen atoms in total. The van der Waals surface area contributed by atoms with Crippen molar-refractivity contribution >= 4 is 28.3 Å². The van der Waals surface area contributed by atoms with Crippen molar-refractivity contribution in [1.29, 1.82) is 0 Å². The van der Waals surface area contributed by atoms with Crippen molar-refractivity contribution in [2.24, 2.45) is 11.8 Å². The number of aromatic nitrogens is 4. The number of benzene rings is 1. The standard InChI is InChI=1S/C31H39N7O/c1-4-21(2)9-12-33-29-8-6-26(19-34-29)35-31(39)30-27-16-24(5-7-28(27)36-37-30)25-15-23(17-32-18-25)20-38-13-10-22(3)11-14-38/h5-8,15-19,21-22H,4,9-14,20H2,1-3H3,(H,33,34)(H,35,39)(H,36,37). The summed E-state index contributed by atoms with van der Waals surface area (Å²) >= 11 is 0. The number of aromatic amines is 1. The number of amides is 1. The molecule has 4 aromatic rings. The van der Waals surface area contributed by atoms with Gasteiger partial charge in [-0.3, -0.25) is 19.8 Å². The first-order valence-electron chi connectivity index (χ1n) is 14.1. The first-order valence-corrected chi connectivity index (χ1v) is 14.1. The lowest BCUT2D eigenvalue weighted by molar-refractivity contribution is 0.102. The van der Waals surface area contributed by atoms with Crippen LogP contribution in [0.1, 0.15) is 62.5 Å². The fourth-order valence-electron chi connectivity index (χ4n) is 4.99. The Hall–Kier alpha value is -3.78. The molecule has 1 aliphatic heterocycles. The van der Waals surface area contributed by atoms with Gasteiger partial charge in [-0.25, -0.2) is 4.98 Å². The number of hydrogen-bond acceptors (Lipinski definition) is 6. The van der Waals surface area contributed by atoms with E-state index in [-0.39, 0.29) is 5.91 Å². The van der Waals surface area contributed by atoms with Crippen LogP contribution in [-0.4, -0.2) is 50.6 Å². The van der Waals surface area contributed by atoms with Gasteiger partial charge in [0, 0.05) is 36.4 Å². The molecule has 0 aliphatic carbocycles. The number of nitrogens with zero attached hydrogens (tertiary/aromatic N) is 4. The Labute approximate surface area is 230 Å². The summed E-state index contributed by atoms with van der Waals surface area (Å²) in [5.74, 6) is 2.03. The summed E-state index contributed by atoms with van der Waals surface area (Å²) in [6.07, 6.45) is 10.3. The van der Waals surface area contributed by atoms with Gasteiger partial charge in [0.15, 0.2) is 5.69 Å². The van der Waals surface area contributed by atoms with Gasteiger partial charge < -0.3 is 10.6 Å². The number of rotatable bonds is 10. The molecule has 204 valence electrons. The molecule has 1 aromatic carbocycles. The minimum absolute atomic E-state index is 0.274. The normalized spacial score (nSPS) is 15.4. The third-order valence-electron chi connectivity index (χ3n) is 7.85. The molecule has 1 aliphatic rings. The number of pyridine rings is 2. The number of H-pyrrole nitrogens is 1. The van der Waals surface area contributed by atoms with E-state index >= 15 is 0 Å². The van der Waals surface area contributed by atoms with Gasteiger partial charge in [0.1, 0.15) is 5.82 Å². The predicted molar refractivity (Wildman–Crippen MR) is 158 cm³/mol. The highest BCUT2D eigenvalue weighted by Crippen LogP contribution is 2.27. The fourth-order valence-corrected chi connectivity index (χ4v) is 4.99. The monoisotopic (exact) mass is 525 g/mol. The Bertz CT molecular complexity index is 1390. The SMILES string of the molecule is CCC(C)CCNc1ccc(NC(=O)c2n[nH]c3ccc(-c4cncc(CN5CCC(C)CC5)c4)cc23)cn1. The van der Waals surface area contributed by atoms with Gasteiger partial charge in [-0.1, -0.05) is 33.3 Å². The summed E-state index contributed by atoms with van der Waals surface area (Å²) in [5.41, 5.74) is 5.05. The molecule has 3 aromatic heterocycles. The quantitative estimate of drug-likeness (QED) is 0.223. The average Bonchev–Trinajstić information content (AvgIpc) is 3.39. The van der Waals surface area contributed by atoms with Gasteiger partial charge in [-0.15, -0.1) is 0 Å². The minimum Gasteiger partial charge on any atom is -0.370 e. The topological polar surface area (TPSA) is 98.8 Å².